The van der Waals surface area contributed by atoms with E-state index in [-0.39, 0.29) is 5.75 Å². The lowest BCUT2D eigenvalue weighted by atomic mass is 10.0. The van der Waals surface area contributed by atoms with E-state index in [9.17, 15) is 9.50 Å². The van der Waals surface area contributed by atoms with Crippen LogP contribution in [0, 0.1) is 0 Å². The second-order valence-corrected chi connectivity index (χ2v) is 3.28. The Morgan fingerprint density at radius 3 is 3.15 bits per heavy atom. The van der Waals surface area contributed by atoms with Gasteiger partial charge in [0.05, 0.1) is 0 Å². The standard InChI is InChI=1S/C10H12FNO/c11-9-4-5-12-6-8-7(9)2-1-3-10(8)13/h1-3,9,12-13H,4-6H2. The number of phenolic OH excluding ortho intramolecular Hbond substituents is 1. The molecule has 1 unspecified atom stereocenters. The van der Waals surface area contributed by atoms with Gasteiger partial charge >= 0.3 is 0 Å². The molecule has 0 spiro atoms. The number of rotatable bonds is 0. The fraction of sp³-hybridized carbons (Fsp3) is 0.400. The van der Waals surface area contributed by atoms with E-state index < -0.39 is 6.17 Å². The van der Waals surface area contributed by atoms with Gasteiger partial charge in [0.15, 0.2) is 0 Å². The average molecular weight is 181 g/mol. The molecule has 0 radical (unpaired) electrons. The molecule has 0 amide bonds. The lowest BCUT2D eigenvalue weighted by Gasteiger charge is -2.09. The van der Waals surface area contributed by atoms with Crippen molar-refractivity contribution in [3.63, 3.8) is 0 Å². The summed E-state index contributed by atoms with van der Waals surface area (Å²) in [7, 11) is 0. The first-order valence-corrected chi connectivity index (χ1v) is 4.44. The lowest BCUT2D eigenvalue weighted by molar-refractivity contribution is 0.325. The van der Waals surface area contributed by atoms with Crippen LogP contribution in [0.4, 0.5) is 4.39 Å². The van der Waals surface area contributed by atoms with Gasteiger partial charge in [0, 0.05) is 12.1 Å². The molecule has 13 heavy (non-hydrogen) atoms. The van der Waals surface area contributed by atoms with Gasteiger partial charge in [-0.05, 0) is 24.6 Å². The van der Waals surface area contributed by atoms with Crippen molar-refractivity contribution in [1.29, 1.82) is 0 Å². The predicted molar refractivity (Wildman–Crippen MR) is 48.3 cm³/mol. The molecular weight excluding hydrogens is 169 g/mol. The van der Waals surface area contributed by atoms with E-state index >= 15 is 0 Å². The van der Waals surface area contributed by atoms with Crippen LogP contribution in [0.5, 0.6) is 5.75 Å². The van der Waals surface area contributed by atoms with Crippen molar-refractivity contribution >= 4 is 0 Å². The summed E-state index contributed by atoms with van der Waals surface area (Å²) in [6.45, 7) is 1.22. The van der Waals surface area contributed by atoms with Crippen molar-refractivity contribution in [2.45, 2.75) is 19.1 Å². The van der Waals surface area contributed by atoms with E-state index in [0.29, 0.717) is 30.6 Å². The van der Waals surface area contributed by atoms with E-state index in [1.165, 1.54) is 0 Å². The number of hydrogen-bond donors (Lipinski definition) is 2. The Morgan fingerprint density at radius 2 is 2.31 bits per heavy atom. The van der Waals surface area contributed by atoms with Crippen molar-refractivity contribution < 1.29 is 9.50 Å². The van der Waals surface area contributed by atoms with Crippen LogP contribution < -0.4 is 5.32 Å². The highest BCUT2D eigenvalue weighted by molar-refractivity contribution is 5.40. The highest BCUT2D eigenvalue weighted by atomic mass is 19.1. The van der Waals surface area contributed by atoms with E-state index in [4.69, 9.17) is 0 Å². The molecule has 2 N–H and O–H groups in total. The molecule has 0 aromatic heterocycles. The average Bonchev–Trinajstić information content (AvgIpc) is 2.30. The molecule has 0 aliphatic carbocycles. The number of nitrogens with one attached hydrogen (secondary N) is 1. The van der Waals surface area contributed by atoms with Crippen molar-refractivity contribution in [3.8, 4) is 5.75 Å². The van der Waals surface area contributed by atoms with Gasteiger partial charge < -0.3 is 10.4 Å². The third-order valence-electron chi connectivity index (χ3n) is 2.40. The Bertz CT molecular complexity index is 314. The third-order valence-corrected chi connectivity index (χ3v) is 2.40. The third kappa shape index (κ3) is 1.52. The second kappa shape index (κ2) is 3.34. The van der Waals surface area contributed by atoms with Gasteiger partial charge in [-0.15, -0.1) is 0 Å². The molecular formula is C10H12FNO. The maximum Gasteiger partial charge on any atom is 0.127 e. The summed E-state index contributed by atoms with van der Waals surface area (Å²) in [5.74, 6) is 0.189. The summed E-state index contributed by atoms with van der Waals surface area (Å²) in [5.41, 5.74) is 1.33. The highest BCUT2D eigenvalue weighted by Gasteiger charge is 2.19. The van der Waals surface area contributed by atoms with Crippen LogP contribution in [0.1, 0.15) is 23.7 Å². The molecule has 1 aliphatic rings. The number of phenols is 1. The second-order valence-electron chi connectivity index (χ2n) is 3.28. The van der Waals surface area contributed by atoms with Crippen LogP contribution in [-0.2, 0) is 6.54 Å². The molecule has 0 bridgehead atoms. The first-order chi connectivity index (χ1) is 6.29. The Labute approximate surface area is 76.4 Å². The number of halogens is 1. The molecule has 1 aliphatic heterocycles. The normalized spacial score (nSPS) is 22.1. The minimum atomic E-state index is -0.947. The van der Waals surface area contributed by atoms with Crippen molar-refractivity contribution in [1.82, 2.24) is 5.32 Å². The van der Waals surface area contributed by atoms with Gasteiger partial charge in [-0.2, -0.15) is 0 Å². The van der Waals surface area contributed by atoms with Crippen molar-refractivity contribution in [3.05, 3.63) is 29.3 Å². The minimum Gasteiger partial charge on any atom is -0.508 e. The summed E-state index contributed by atoms with van der Waals surface area (Å²) in [5, 5.41) is 12.6. The Kier molecular flexibility index (Phi) is 2.19. The monoisotopic (exact) mass is 181 g/mol. The van der Waals surface area contributed by atoms with Crippen LogP contribution >= 0.6 is 0 Å². The zero-order valence-corrected chi connectivity index (χ0v) is 7.26. The molecule has 2 nitrogen and oxygen atoms in total. The Morgan fingerprint density at radius 1 is 1.46 bits per heavy atom. The molecule has 1 heterocycles. The summed E-state index contributed by atoms with van der Waals surface area (Å²) in [6, 6.07) is 5.03. The molecule has 0 fully saturated rings. The Hall–Kier alpha value is -1.09. The van der Waals surface area contributed by atoms with Crippen molar-refractivity contribution in [2.24, 2.45) is 0 Å². The number of hydrogen-bond acceptors (Lipinski definition) is 2. The highest BCUT2D eigenvalue weighted by Crippen LogP contribution is 2.31. The van der Waals surface area contributed by atoms with E-state index in [1.807, 2.05) is 0 Å². The SMILES string of the molecule is Oc1cccc2c1CNCCC2F. The molecule has 3 heteroatoms. The summed E-state index contributed by atoms with van der Waals surface area (Å²) in [4.78, 5) is 0. The maximum absolute atomic E-state index is 13.5. The van der Waals surface area contributed by atoms with Gasteiger partial charge in [-0.1, -0.05) is 12.1 Å². The minimum absolute atomic E-state index is 0.189. The van der Waals surface area contributed by atoms with Crippen LogP contribution in [0.3, 0.4) is 0 Å². The van der Waals surface area contributed by atoms with E-state index in [0.717, 1.165) is 0 Å². The smallest absolute Gasteiger partial charge is 0.127 e. The van der Waals surface area contributed by atoms with Crippen molar-refractivity contribution in [2.75, 3.05) is 6.54 Å². The van der Waals surface area contributed by atoms with E-state index in [2.05, 4.69) is 5.32 Å². The molecule has 1 aromatic carbocycles. The van der Waals surface area contributed by atoms with Gasteiger partial charge in [0.1, 0.15) is 11.9 Å². The van der Waals surface area contributed by atoms with E-state index in [1.54, 1.807) is 18.2 Å². The first-order valence-electron chi connectivity index (χ1n) is 4.44. The van der Waals surface area contributed by atoms with Crippen LogP contribution in [0.2, 0.25) is 0 Å². The number of aromatic hydroxyl groups is 1. The number of alkyl halides is 1. The van der Waals surface area contributed by atoms with Gasteiger partial charge in [0.25, 0.3) is 0 Å². The predicted octanol–water partition coefficient (Wildman–Crippen LogP) is 1.90. The zero-order chi connectivity index (χ0) is 9.26. The molecule has 0 saturated heterocycles. The summed E-state index contributed by atoms with van der Waals surface area (Å²) >= 11 is 0. The number of benzene rings is 1. The molecule has 1 atom stereocenters. The fourth-order valence-corrected chi connectivity index (χ4v) is 1.68. The molecule has 2 rings (SSSR count). The maximum atomic E-state index is 13.5. The fourth-order valence-electron chi connectivity index (χ4n) is 1.68. The molecule has 70 valence electrons. The Balaban J connectivity index is 2.47. The zero-order valence-electron chi connectivity index (χ0n) is 7.26. The summed E-state index contributed by atoms with van der Waals surface area (Å²) < 4.78 is 13.5. The number of fused-ring (bicyclic) bond motifs is 1. The van der Waals surface area contributed by atoms with Gasteiger partial charge in [-0.25, -0.2) is 4.39 Å². The summed E-state index contributed by atoms with van der Waals surface area (Å²) in [6.07, 6.45) is -0.465. The molecule has 0 saturated carbocycles. The van der Waals surface area contributed by atoms with Crippen LogP contribution in [-0.4, -0.2) is 11.7 Å². The van der Waals surface area contributed by atoms with Gasteiger partial charge in [0.2, 0.25) is 0 Å². The van der Waals surface area contributed by atoms with Gasteiger partial charge in [-0.3, -0.25) is 0 Å². The van der Waals surface area contributed by atoms with Crippen LogP contribution in [0.15, 0.2) is 18.2 Å². The largest absolute Gasteiger partial charge is 0.508 e. The van der Waals surface area contributed by atoms with Crippen LogP contribution in [0.25, 0.3) is 0 Å². The first kappa shape index (κ1) is 8.51. The lowest BCUT2D eigenvalue weighted by Crippen LogP contribution is -2.12. The quantitative estimate of drug-likeness (QED) is 0.640. The molecule has 1 aromatic rings. The topological polar surface area (TPSA) is 32.3 Å².